The van der Waals surface area contributed by atoms with E-state index in [2.05, 4.69) is 23.3 Å². The van der Waals surface area contributed by atoms with Gasteiger partial charge < -0.3 is 15.4 Å². The minimum Gasteiger partial charge on any atom is -0.458 e. The quantitative estimate of drug-likeness (QED) is 0.525. The highest BCUT2D eigenvalue weighted by atomic mass is 32.1. The fourth-order valence-electron chi connectivity index (χ4n) is 1.84. The van der Waals surface area contributed by atoms with Gasteiger partial charge in [0.2, 0.25) is 5.91 Å². The van der Waals surface area contributed by atoms with E-state index in [-0.39, 0.29) is 5.91 Å². The summed E-state index contributed by atoms with van der Waals surface area (Å²) in [7, 11) is 0. The molecule has 6 heteroatoms. The monoisotopic (exact) mass is 338 g/mol. The third-order valence-electron chi connectivity index (χ3n) is 3.01. The normalized spacial score (nSPS) is 14.0. The molecule has 1 rings (SSSR count). The van der Waals surface area contributed by atoms with Gasteiger partial charge in [-0.3, -0.25) is 4.79 Å². The maximum Gasteiger partial charge on any atom is 0.328 e. The van der Waals surface area contributed by atoms with Crippen LogP contribution in [0.4, 0.5) is 0 Å². The number of amides is 1. The predicted octanol–water partition coefficient (Wildman–Crippen LogP) is 1.92. The highest BCUT2D eigenvalue weighted by Gasteiger charge is 2.25. The van der Waals surface area contributed by atoms with Gasteiger partial charge in [0.05, 0.1) is 6.04 Å². The van der Waals surface area contributed by atoms with Crippen molar-refractivity contribution < 1.29 is 14.3 Å². The van der Waals surface area contributed by atoms with Crippen LogP contribution in [0.25, 0.3) is 0 Å². The molecule has 0 radical (unpaired) electrons. The number of esters is 1. The highest BCUT2D eigenvalue weighted by Crippen LogP contribution is 2.08. The molecule has 2 N–H and O–H groups in total. The first-order valence-electron chi connectivity index (χ1n) is 7.64. The van der Waals surface area contributed by atoms with Crippen molar-refractivity contribution in [2.45, 2.75) is 51.9 Å². The van der Waals surface area contributed by atoms with E-state index in [1.165, 1.54) is 0 Å². The minimum atomic E-state index is -0.706. The second-order valence-electron chi connectivity index (χ2n) is 6.37. The maximum absolute atomic E-state index is 12.2. The molecule has 1 aromatic rings. The Hall–Kier alpha value is -1.53. The van der Waals surface area contributed by atoms with Gasteiger partial charge in [-0.25, -0.2) is 4.79 Å². The lowest BCUT2D eigenvalue weighted by Crippen LogP contribution is -2.51. The topological polar surface area (TPSA) is 67.4 Å². The zero-order chi connectivity index (χ0) is 17.5. The number of carbonyl (C=O) groups is 2. The molecule has 0 heterocycles. The number of carbonyl (C=O) groups excluding carboxylic acids is 2. The van der Waals surface area contributed by atoms with Gasteiger partial charge in [-0.1, -0.05) is 30.3 Å². The summed E-state index contributed by atoms with van der Waals surface area (Å²) >= 11 is 4.20. The smallest absolute Gasteiger partial charge is 0.328 e. The number of hydrogen-bond donors (Lipinski definition) is 3. The first kappa shape index (κ1) is 19.5. The Morgan fingerprint density at radius 2 is 1.83 bits per heavy atom. The molecule has 0 aliphatic heterocycles. The summed E-state index contributed by atoms with van der Waals surface area (Å²) in [5, 5.41) is 5.80. The Bertz CT molecular complexity index is 514. The standard InChI is InChI=1S/C17H26N2O3S/c1-12(16(21)22-17(2,3)4)19-15(20)14(11-23)18-10-13-8-6-5-7-9-13/h5-9,12,14,18,23H,10-11H2,1-4H3,(H,19,20)/t12-,14-/m0/s1. The third-order valence-corrected chi connectivity index (χ3v) is 3.38. The Morgan fingerprint density at radius 3 is 2.35 bits per heavy atom. The van der Waals surface area contributed by atoms with E-state index in [0.29, 0.717) is 12.3 Å². The Balaban J connectivity index is 2.51. The number of thiol groups is 1. The van der Waals surface area contributed by atoms with E-state index in [0.717, 1.165) is 5.56 Å². The third kappa shape index (κ3) is 7.52. The van der Waals surface area contributed by atoms with Crippen LogP contribution in [0.1, 0.15) is 33.3 Å². The molecule has 0 saturated heterocycles. The van der Waals surface area contributed by atoms with E-state index in [1.54, 1.807) is 27.7 Å². The van der Waals surface area contributed by atoms with E-state index in [4.69, 9.17) is 4.74 Å². The van der Waals surface area contributed by atoms with Crippen LogP contribution >= 0.6 is 12.6 Å². The highest BCUT2D eigenvalue weighted by molar-refractivity contribution is 7.80. The van der Waals surface area contributed by atoms with Gasteiger partial charge in [0.1, 0.15) is 11.6 Å². The van der Waals surface area contributed by atoms with E-state index in [1.807, 2.05) is 30.3 Å². The van der Waals surface area contributed by atoms with Crippen LogP contribution in [0.3, 0.4) is 0 Å². The fourth-order valence-corrected chi connectivity index (χ4v) is 2.14. The number of benzene rings is 1. The van der Waals surface area contributed by atoms with Gasteiger partial charge in [-0.15, -0.1) is 0 Å². The Kier molecular flexibility index (Phi) is 7.58. The number of ether oxygens (including phenoxy) is 1. The summed E-state index contributed by atoms with van der Waals surface area (Å²) in [6.45, 7) is 7.53. The first-order valence-corrected chi connectivity index (χ1v) is 8.27. The molecule has 0 spiro atoms. The van der Waals surface area contributed by atoms with Crippen molar-refractivity contribution in [3.05, 3.63) is 35.9 Å². The predicted molar refractivity (Wildman–Crippen MR) is 94.4 cm³/mol. The summed E-state index contributed by atoms with van der Waals surface area (Å²) in [4.78, 5) is 24.2. The molecule has 0 unspecified atom stereocenters. The second kappa shape index (κ2) is 8.93. The molecule has 0 aliphatic rings. The van der Waals surface area contributed by atoms with Crippen LogP contribution in [-0.4, -0.2) is 35.3 Å². The average molecular weight is 338 g/mol. The lowest BCUT2D eigenvalue weighted by Gasteiger charge is -2.24. The summed E-state index contributed by atoms with van der Waals surface area (Å²) in [6.07, 6.45) is 0. The van der Waals surface area contributed by atoms with Crippen LogP contribution in [0.5, 0.6) is 0 Å². The first-order chi connectivity index (χ1) is 10.7. The molecular formula is C17H26N2O3S. The molecule has 0 aliphatic carbocycles. The zero-order valence-corrected chi connectivity index (χ0v) is 15.0. The van der Waals surface area contributed by atoms with Crippen LogP contribution in [0, 0.1) is 0 Å². The molecule has 1 amide bonds. The zero-order valence-electron chi connectivity index (χ0n) is 14.1. The van der Waals surface area contributed by atoms with Crippen molar-refractivity contribution >= 4 is 24.5 Å². The van der Waals surface area contributed by atoms with Gasteiger partial charge >= 0.3 is 5.97 Å². The molecule has 2 atom stereocenters. The largest absolute Gasteiger partial charge is 0.458 e. The fraction of sp³-hybridized carbons (Fsp3) is 0.529. The van der Waals surface area contributed by atoms with Crippen LogP contribution in [-0.2, 0) is 20.9 Å². The summed E-state index contributed by atoms with van der Waals surface area (Å²) in [5.41, 5.74) is 0.497. The van der Waals surface area contributed by atoms with Crippen molar-refractivity contribution in [2.75, 3.05) is 5.75 Å². The van der Waals surface area contributed by atoms with Crippen molar-refractivity contribution in [1.82, 2.24) is 10.6 Å². The molecule has 128 valence electrons. The number of rotatable bonds is 7. The summed E-state index contributed by atoms with van der Waals surface area (Å²) < 4.78 is 5.25. The van der Waals surface area contributed by atoms with E-state index in [9.17, 15) is 9.59 Å². The number of hydrogen-bond acceptors (Lipinski definition) is 5. The second-order valence-corrected chi connectivity index (χ2v) is 6.73. The Labute approximate surface area is 143 Å². The van der Waals surface area contributed by atoms with Crippen molar-refractivity contribution in [3.63, 3.8) is 0 Å². The van der Waals surface area contributed by atoms with Crippen molar-refractivity contribution in [2.24, 2.45) is 0 Å². The molecule has 0 saturated carbocycles. The number of nitrogens with one attached hydrogen (secondary N) is 2. The molecule has 0 aromatic heterocycles. The van der Waals surface area contributed by atoms with Crippen molar-refractivity contribution in [3.8, 4) is 0 Å². The van der Waals surface area contributed by atoms with Crippen LogP contribution in [0.15, 0.2) is 30.3 Å². The van der Waals surface area contributed by atoms with Gasteiger partial charge in [0, 0.05) is 12.3 Å². The van der Waals surface area contributed by atoms with Gasteiger partial charge in [0.25, 0.3) is 0 Å². The lowest BCUT2D eigenvalue weighted by atomic mass is 10.2. The van der Waals surface area contributed by atoms with Crippen molar-refractivity contribution in [1.29, 1.82) is 0 Å². The molecular weight excluding hydrogens is 312 g/mol. The SMILES string of the molecule is C[C@H](NC(=O)[C@H](CS)NCc1ccccc1)C(=O)OC(C)(C)C. The van der Waals surface area contributed by atoms with Crippen LogP contribution in [0.2, 0.25) is 0 Å². The van der Waals surface area contributed by atoms with E-state index >= 15 is 0 Å². The van der Waals surface area contributed by atoms with E-state index < -0.39 is 23.7 Å². The van der Waals surface area contributed by atoms with Crippen LogP contribution < -0.4 is 10.6 Å². The van der Waals surface area contributed by atoms with Gasteiger partial charge in [0.15, 0.2) is 0 Å². The molecule has 1 aromatic carbocycles. The minimum absolute atomic E-state index is 0.269. The summed E-state index contributed by atoms with van der Waals surface area (Å²) in [5.74, 6) is -0.388. The average Bonchev–Trinajstić information content (AvgIpc) is 2.47. The Morgan fingerprint density at radius 1 is 1.22 bits per heavy atom. The van der Waals surface area contributed by atoms with Gasteiger partial charge in [-0.05, 0) is 33.3 Å². The molecule has 23 heavy (non-hydrogen) atoms. The molecule has 5 nitrogen and oxygen atoms in total. The maximum atomic E-state index is 12.2. The molecule has 0 fully saturated rings. The molecule has 0 bridgehead atoms. The summed E-state index contributed by atoms with van der Waals surface area (Å²) in [6, 6.07) is 8.59. The van der Waals surface area contributed by atoms with Gasteiger partial charge in [-0.2, -0.15) is 12.6 Å². The lowest BCUT2D eigenvalue weighted by molar-refractivity contribution is -0.158.